The van der Waals surface area contributed by atoms with Crippen LogP contribution in [0, 0.1) is 11.7 Å². The zero-order chi connectivity index (χ0) is 16.4. The highest BCUT2D eigenvalue weighted by Crippen LogP contribution is 2.30. The second-order valence-corrected chi connectivity index (χ2v) is 7.58. The molecule has 124 valence electrons. The summed E-state index contributed by atoms with van der Waals surface area (Å²) in [7, 11) is 1.79. The van der Waals surface area contributed by atoms with Gasteiger partial charge in [0.2, 0.25) is 11.8 Å². The lowest BCUT2D eigenvalue weighted by Gasteiger charge is -2.31. The third kappa shape index (κ3) is 4.05. The molecule has 0 aromatic heterocycles. The second kappa shape index (κ2) is 6.91. The third-order valence-corrected chi connectivity index (χ3v) is 5.65. The number of nitrogens with zero attached hydrogens (tertiary/aromatic N) is 1. The number of nitrogens with one attached hydrogen (secondary N) is 1. The normalized spacial score (nSPS) is 24.2. The first-order valence-electron chi connectivity index (χ1n) is 7.95. The topological polar surface area (TPSA) is 49.4 Å². The number of benzene rings is 1. The predicted octanol–water partition coefficient (Wildman–Crippen LogP) is 1.84. The van der Waals surface area contributed by atoms with E-state index >= 15 is 0 Å². The van der Waals surface area contributed by atoms with Crippen LogP contribution in [-0.2, 0) is 16.0 Å². The Labute approximate surface area is 139 Å². The minimum absolute atomic E-state index is 0.0258. The predicted molar refractivity (Wildman–Crippen MR) is 88.6 cm³/mol. The summed E-state index contributed by atoms with van der Waals surface area (Å²) in [5, 5.41) is 2.46. The van der Waals surface area contributed by atoms with Crippen molar-refractivity contribution in [3.05, 3.63) is 35.6 Å². The van der Waals surface area contributed by atoms with E-state index in [0.717, 1.165) is 6.54 Å². The summed E-state index contributed by atoms with van der Waals surface area (Å²) in [4.78, 5) is 26.3. The number of rotatable bonds is 5. The molecule has 1 heterocycles. The fourth-order valence-electron chi connectivity index (χ4n) is 2.79. The summed E-state index contributed by atoms with van der Waals surface area (Å²) in [6.45, 7) is 0.772. The molecule has 1 saturated carbocycles. The van der Waals surface area contributed by atoms with E-state index in [-0.39, 0.29) is 22.9 Å². The Kier molecular flexibility index (Phi) is 4.90. The lowest BCUT2D eigenvalue weighted by molar-refractivity contribution is -0.135. The molecular formula is C17H21FN2O2S. The summed E-state index contributed by atoms with van der Waals surface area (Å²) in [6, 6.07) is 6.04. The van der Waals surface area contributed by atoms with Gasteiger partial charge >= 0.3 is 0 Å². The summed E-state index contributed by atoms with van der Waals surface area (Å²) in [5.41, 5.74) is 0.538. The number of carbonyl (C=O) groups excluding carboxylic acids is 2. The maximum Gasteiger partial charge on any atom is 0.245 e. The molecule has 2 amide bonds. The molecule has 1 aromatic rings. The summed E-state index contributed by atoms with van der Waals surface area (Å²) < 4.78 is 13.7. The van der Waals surface area contributed by atoms with Crippen molar-refractivity contribution >= 4 is 23.6 Å². The quantitative estimate of drug-likeness (QED) is 0.893. The van der Waals surface area contributed by atoms with Crippen molar-refractivity contribution in [2.24, 2.45) is 5.92 Å². The van der Waals surface area contributed by atoms with E-state index in [1.807, 2.05) is 0 Å². The third-order valence-electron chi connectivity index (χ3n) is 4.34. The van der Waals surface area contributed by atoms with E-state index in [0.29, 0.717) is 23.7 Å². The molecule has 0 unspecified atom stereocenters. The number of halogens is 1. The average Bonchev–Trinajstić information content (AvgIpc) is 3.34. The molecule has 0 spiro atoms. The number of hydrogen-bond acceptors (Lipinski definition) is 3. The van der Waals surface area contributed by atoms with Crippen LogP contribution in [0.25, 0.3) is 0 Å². The maximum absolute atomic E-state index is 13.7. The first-order chi connectivity index (χ1) is 11.0. The van der Waals surface area contributed by atoms with Crippen LogP contribution in [-0.4, -0.2) is 47.4 Å². The molecule has 1 aliphatic heterocycles. The van der Waals surface area contributed by atoms with Gasteiger partial charge in [-0.15, -0.1) is 11.8 Å². The van der Waals surface area contributed by atoms with Crippen molar-refractivity contribution in [1.82, 2.24) is 10.2 Å². The van der Waals surface area contributed by atoms with E-state index in [1.54, 1.807) is 30.1 Å². The zero-order valence-corrected chi connectivity index (χ0v) is 13.9. The molecule has 4 nitrogen and oxygen atoms in total. The van der Waals surface area contributed by atoms with Crippen molar-refractivity contribution < 1.29 is 14.0 Å². The van der Waals surface area contributed by atoms with Gasteiger partial charge in [0, 0.05) is 19.3 Å². The molecule has 0 radical (unpaired) electrons. The van der Waals surface area contributed by atoms with Gasteiger partial charge in [-0.1, -0.05) is 18.2 Å². The molecule has 2 aliphatic rings. The van der Waals surface area contributed by atoms with Crippen LogP contribution in [0.15, 0.2) is 24.3 Å². The number of hydrogen-bond donors (Lipinski definition) is 1. The van der Waals surface area contributed by atoms with Gasteiger partial charge in [0.05, 0.1) is 5.25 Å². The van der Waals surface area contributed by atoms with Crippen LogP contribution in [0.1, 0.15) is 18.4 Å². The summed E-state index contributed by atoms with van der Waals surface area (Å²) in [5.74, 6) is 0.677. The average molecular weight is 336 g/mol. The van der Waals surface area contributed by atoms with Crippen molar-refractivity contribution in [1.29, 1.82) is 0 Å². The lowest BCUT2D eigenvalue weighted by atomic mass is 10.1. The highest BCUT2D eigenvalue weighted by atomic mass is 32.2. The Hall–Kier alpha value is -1.56. The Morgan fingerprint density at radius 3 is 2.78 bits per heavy atom. The second-order valence-electron chi connectivity index (χ2n) is 6.34. The van der Waals surface area contributed by atoms with E-state index < -0.39 is 6.04 Å². The maximum atomic E-state index is 13.7. The number of carbonyl (C=O) groups is 2. The SMILES string of the molecule is CN(CC1CC1)C(=O)[C@H]1CS[C@@H](Cc2ccccc2F)C(=O)N1. The van der Waals surface area contributed by atoms with Crippen LogP contribution >= 0.6 is 11.8 Å². The molecule has 1 saturated heterocycles. The van der Waals surface area contributed by atoms with Crippen molar-refractivity contribution in [3.63, 3.8) is 0 Å². The highest BCUT2D eigenvalue weighted by Gasteiger charge is 2.35. The van der Waals surface area contributed by atoms with Gasteiger partial charge in [-0.3, -0.25) is 9.59 Å². The number of amides is 2. The van der Waals surface area contributed by atoms with Gasteiger partial charge < -0.3 is 10.2 Å². The molecule has 2 atom stereocenters. The standard InChI is InChI=1S/C17H21FN2O2S/c1-20(9-11-6-7-11)17(22)14-10-23-15(16(21)19-14)8-12-4-2-3-5-13(12)18/h2-5,11,14-15H,6-10H2,1H3,(H,19,21)/t14-,15+/m1/s1. The summed E-state index contributed by atoms with van der Waals surface area (Å²) in [6.07, 6.45) is 2.73. The van der Waals surface area contributed by atoms with Crippen molar-refractivity contribution in [2.75, 3.05) is 19.3 Å². The first kappa shape index (κ1) is 16.3. The van der Waals surface area contributed by atoms with Gasteiger partial charge in [0.25, 0.3) is 0 Å². The van der Waals surface area contributed by atoms with Crippen LogP contribution in [0.2, 0.25) is 0 Å². The minimum Gasteiger partial charge on any atom is -0.344 e. The summed E-state index contributed by atoms with van der Waals surface area (Å²) >= 11 is 1.44. The van der Waals surface area contributed by atoms with Crippen LogP contribution in [0.4, 0.5) is 4.39 Å². The monoisotopic (exact) mass is 336 g/mol. The largest absolute Gasteiger partial charge is 0.344 e. The zero-order valence-electron chi connectivity index (χ0n) is 13.1. The van der Waals surface area contributed by atoms with Crippen LogP contribution in [0.3, 0.4) is 0 Å². The van der Waals surface area contributed by atoms with Gasteiger partial charge in [-0.05, 0) is 36.8 Å². The highest BCUT2D eigenvalue weighted by molar-refractivity contribution is 8.00. The molecule has 6 heteroatoms. The number of likely N-dealkylation sites (N-methyl/N-ethyl adjacent to an activating group) is 1. The van der Waals surface area contributed by atoms with Crippen LogP contribution < -0.4 is 5.32 Å². The van der Waals surface area contributed by atoms with Gasteiger partial charge in [0.15, 0.2) is 0 Å². The molecule has 1 aromatic carbocycles. The molecule has 0 bridgehead atoms. The Morgan fingerprint density at radius 1 is 1.39 bits per heavy atom. The van der Waals surface area contributed by atoms with Crippen molar-refractivity contribution in [2.45, 2.75) is 30.6 Å². The Balaban J connectivity index is 1.55. The Morgan fingerprint density at radius 2 is 2.13 bits per heavy atom. The number of thioether (sulfide) groups is 1. The molecule has 23 heavy (non-hydrogen) atoms. The van der Waals surface area contributed by atoms with Gasteiger partial charge in [0.1, 0.15) is 11.9 Å². The molecular weight excluding hydrogens is 315 g/mol. The molecule has 3 rings (SSSR count). The molecule has 1 aliphatic carbocycles. The smallest absolute Gasteiger partial charge is 0.245 e. The molecule has 1 N–H and O–H groups in total. The minimum atomic E-state index is -0.465. The van der Waals surface area contributed by atoms with Gasteiger partial charge in [-0.25, -0.2) is 4.39 Å². The fraction of sp³-hybridized carbons (Fsp3) is 0.529. The Bertz CT molecular complexity index is 606. The fourth-order valence-corrected chi connectivity index (χ4v) is 3.95. The first-order valence-corrected chi connectivity index (χ1v) is 9.00. The van der Waals surface area contributed by atoms with E-state index in [4.69, 9.17) is 0 Å². The van der Waals surface area contributed by atoms with E-state index in [9.17, 15) is 14.0 Å². The van der Waals surface area contributed by atoms with Gasteiger partial charge in [-0.2, -0.15) is 0 Å². The van der Waals surface area contributed by atoms with E-state index in [1.165, 1.54) is 30.7 Å². The lowest BCUT2D eigenvalue weighted by Crippen LogP contribution is -2.55. The van der Waals surface area contributed by atoms with Crippen molar-refractivity contribution in [3.8, 4) is 0 Å². The molecule has 2 fully saturated rings. The van der Waals surface area contributed by atoms with Crippen LogP contribution in [0.5, 0.6) is 0 Å². The van der Waals surface area contributed by atoms with E-state index in [2.05, 4.69) is 5.32 Å².